The number of benzene rings is 1. The molecule has 3 nitrogen and oxygen atoms in total. The average molecular weight is 409 g/mol. The third-order valence-electron chi connectivity index (χ3n) is 3.01. The molecule has 0 aliphatic heterocycles. The summed E-state index contributed by atoms with van der Waals surface area (Å²) >= 11 is 5.67. The van der Waals surface area contributed by atoms with Crippen molar-refractivity contribution in [3.8, 4) is 5.75 Å². The molecule has 0 spiro atoms. The van der Waals surface area contributed by atoms with Crippen LogP contribution in [0.1, 0.15) is 26.2 Å². The topological polar surface area (TPSA) is 43.4 Å². The molecule has 0 bridgehead atoms. The Morgan fingerprint density at radius 3 is 2.46 bits per heavy atom. The van der Waals surface area contributed by atoms with Crippen LogP contribution < -0.4 is 4.74 Å². The van der Waals surface area contributed by atoms with Crippen LogP contribution >= 0.6 is 23.4 Å². The summed E-state index contributed by atoms with van der Waals surface area (Å²) in [7, 11) is -3.61. The van der Waals surface area contributed by atoms with Gasteiger partial charge in [-0.05, 0) is 25.3 Å². The minimum atomic E-state index is -4.23. The SMILES string of the molecule is CCS(=O)(=O)c1cc(OCCCCCSC(F)(F)F)c(F)cc1Cl. The molecule has 0 N–H and O–H groups in total. The molecule has 24 heavy (non-hydrogen) atoms. The van der Waals surface area contributed by atoms with E-state index >= 15 is 0 Å². The van der Waals surface area contributed by atoms with Crippen LogP contribution in [-0.2, 0) is 9.84 Å². The molecule has 0 unspecified atom stereocenters. The first-order valence-electron chi connectivity index (χ1n) is 7.12. The van der Waals surface area contributed by atoms with Gasteiger partial charge in [0.2, 0.25) is 0 Å². The molecule has 0 aliphatic rings. The second-order valence-corrected chi connectivity index (χ2v) is 8.63. The largest absolute Gasteiger partial charge is 0.490 e. The molecule has 0 fully saturated rings. The summed E-state index contributed by atoms with van der Waals surface area (Å²) in [6, 6.07) is 1.91. The summed E-state index contributed by atoms with van der Waals surface area (Å²) in [5.74, 6) is -1.26. The van der Waals surface area contributed by atoms with Gasteiger partial charge in [0, 0.05) is 11.8 Å². The van der Waals surface area contributed by atoms with E-state index in [4.69, 9.17) is 16.3 Å². The minimum absolute atomic E-state index is 0.0440. The maximum absolute atomic E-state index is 13.8. The molecule has 1 rings (SSSR count). The van der Waals surface area contributed by atoms with Crippen LogP contribution in [0.3, 0.4) is 0 Å². The Balaban J connectivity index is 2.53. The van der Waals surface area contributed by atoms with E-state index in [-0.39, 0.29) is 45.5 Å². The number of sulfone groups is 1. The van der Waals surface area contributed by atoms with Gasteiger partial charge < -0.3 is 4.74 Å². The Hall–Kier alpha value is -0.670. The Morgan fingerprint density at radius 1 is 1.21 bits per heavy atom. The van der Waals surface area contributed by atoms with Gasteiger partial charge in [0.15, 0.2) is 21.4 Å². The van der Waals surface area contributed by atoms with Crippen molar-refractivity contribution >= 4 is 33.2 Å². The lowest BCUT2D eigenvalue weighted by Crippen LogP contribution is -2.07. The minimum Gasteiger partial charge on any atom is -0.490 e. The molecule has 0 saturated heterocycles. The number of rotatable bonds is 9. The van der Waals surface area contributed by atoms with Crippen LogP contribution in [0.2, 0.25) is 5.02 Å². The third-order valence-corrected chi connectivity index (χ3v) is 6.03. The molecule has 0 amide bonds. The van der Waals surface area contributed by atoms with Crippen LogP contribution in [0.15, 0.2) is 17.0 Å². The molecule has 0 saturated carbocycles. The lowest BCUT2D eigenvalue weighted by atomic mass is 10.2. The van der Waals surface area contributed by atoms with Crippen LogP contribution in [0.25, 0.3) is 0 Å². The van der Waals surface area contributed by atoms with E-state index in [1.54, 1.807) is 0 Å². The summed E-state index contributed by atoms with van der Waals surface area (Å²) in [6.07, 6.45) is 1.26. The smallest absolute Gasteiger partial charge is 0.441 e. The molecule has 0 aliphatic carbocycles. The Labute approximate surface area is 147 Å². The van der Waals surface area contributed by atoms with Crippen molar-refractivity contribution < 1.29 is 30.7 Å². The van der Waals surface area contributed by atoms with Gasteiger partial charge in [-0.1, -0.05) is 30.3 Å². The highest BCUT2D eigenvalue weighted by Crippen LogP contribution is 2.31. The summed E-state index contributed by atoms with van der Waals surface area (Å²) < 4.78 is 78.4. The van der Waals surface area contributed by atoms with Crippen molar-refractivity contribution in [1.82, 2.24) is 0 Å². The van der Waals surface area contributed by atoms with Crippen LogP contribution in [-0.4, -0.2) is 32.0 Å². The lowest BCUT2D eigenvalue weighted by molar-refractivity contribution is -0.0328. The predicted molar refractivity (Wildman–Crippen MR) is 87.0 cm³/mol. The van der Waals surface area contributed by atoms with Crippen molar-refractivity contribution in [3.05, 3.63) is 23.0 Å². The zero-order chi connectivity index (χ0) is 18.4. The zero-order valence-corrected chi connectivity index (χ0v) is 15.2. The van der Waals surface area contributed by atoms with Gasteiger partial charge in [0.25, 0.3) is 0 Å². The molecule has 1 aromatic carbocycles. The van der Waals surface area contributed by atoms with Crippen molar-refractivity contribution in [1.29, 1.82) is 0 Å². The number of ether oxygens (including phenoxy) is 1. The van der Waals surface area contributed by atoms with Crippen molar-refractivity contribution in [2.75, 3.05) is 18.1 Å². The van der Waals surface area contributed by atoms with E-state index in [0.29, 0.717) is 19.3 Å². The monoisotopic (exact) mass is 408 g/mol. The number of unbranched alkanes of at least 4 members (excludes halogenated alkanes) is 2. The molecular weight excluding hydrogens is 392 g/mol. The summed E-state index contributed by atoms with van der Waals surface area (Å²) in [5.41, 5.74) is -4.23. The molecule has 0 radical (unpaired) electrons. The number of alkyl halides is 3. The van der Waals surface area contributed by atoms with Crippen molar-refractivity contribution in [2.45, 2.75) is 36.6 Å². The van der Waals surface area contributed by atoms with E-state index in [1.165, 1.54) is 6.92 Å². The Morgan fingerprint density at radius 2 is 1.88 bits per heavy atom. The second-order valence-electron chi connectivity index (χ2n) is 4.82. The van der Waals surface area contributed by atoms with Crippen molar-refractivity contribution in [3.63, 3.8) is 0 Å². The van der Waals surface area contributed by atoms with E-state index < -0.39 is 21.2 Å². The molecule has 138 valence electrons. The molecule has 1 aromatic rings. The van der Waals surface area contributed by atoms with E-state index in [0.717, 1.165) is 12.1 Å². The van der Waals surface area contributed by atoms with E-state index in [2.05, 4.69) is 0 Å². The van der Waals surface area contributed by atoms with Gasteiger partial charge in [-0.3, -0.25) is 0 Å². The fourth-order valence-electron chi connectivity index (χ4n) is 1.77. The highest BCUT2D eigenvalue weighted by atomic mass is 35.5. The first kappa shape index (κ1) is 21.4. The predicted octanol–water partition coefficient (Wildman–Crippen LogP) is 5.07. The maximum Gasteiger partial charge on any atom is 0.441 e. The maximum atomic E-state index is 13.8. The summed E-state index contributed by atoms with van der Waals surface area (Å²) in [4.78, 5) is -0.204. The van der Waals surface area contributed by atoms with Gasteiger partial charge in [-0.2, -0.15) is 13.2 Å². The third kappa shape index (κ3) is 7.06. The number of hydrogen-bond donors (Lipinski definition) is 0. The van der Waals surface area contributed by atoms with Gasteiger partial charge in [-0.15, -0.1) is 0 Å². The fraction of sp³-hybridized carbons (Fsp3) is 0.571. The highest BCUT2D eigenvalue weighted by molar-refractivity contribution is 8.00. The Bertz CT molecular complexity index is 648. The summed E-state index contributed by atoms with van der Waals surface area (Å²) in [6.45, 7) is 1.51. The normalized spacial score (nSPS) is 12.4. The van der Waals surface area contributed by atoms with Gasteiger partial charge in [0.1, 0.15) is 0 Å². The highest BCUT2D eigenvalue weighted by Gasteiger charge is 2.27. The summed E-state index contributed by atoms with van der Waals surface area (Å²) in [5, 5.41) is -0.217. The van der Waals surface area contributed by atoms with E-state index in [1.807, 2.05) is 0 Å². The van der Waals surface area contributed by atoms with Crippen LogP contribution in [0, 0.1) is 5.82 Å². The Kier molecular flexibility index (Phi) is 8.14. The molecule has 0 atom stereocenters. The van der Waals surface area contributed by atoms with Crippen molar-refractivity contribution in [2.24, 2.45) is 0 Å². The number of hydrogen-bond acceptors (Lipinski definition) is 4. The first-order valence-corrected chi connectivity index (χ1v) is 10.1. The van der Waals surface area contributed by atoms with Crippen LogP contribution in [0.5, 0.6) is 5.75 Å². The quantitative estimate of drug-likeness (QED) is 0.325. The molecule has 10 heteroatoms. The molecular formula is C14H17ClF4O3S2. The van der Waals surface area contributed by atoms with E-state index in [9.17, 15) is 26.0 Å². The molecule has 0 heterocycles. The first-order chi connectivity index (χ1) is 11.1. The number of thioether (sulfide) groups is 1. The molecule has 0 aromatic heterocycles. The lowest BCUT2D eigenvalue weighted by Gasteiger charge is -2.11. The standard InChI is InChI=1S/C14H17ClF4O3S2/c1-2-24(20,21)13-9-12(11(16)8-10(13)15)22-6-4-3-5-7-23-14(17,18)19/h8-9H,2-7H2,1H3. The average Bonchev–Trinajstić information content (AvgIpc) is 2.46. The van der Waals surface area contributed by atoms with Gasteiger partial charge >= 0.3 is 5.51 Å². The second kappa shape index (κ2) is 9.15. The zero-order valence-electron chi connectivity index (χ0n) is 12.8. The van der Waals surface area contributed by atoms with Gasteiger partial charge in [0.05, 0.1) is 22.3 Å². The number of halogens is 5. The van der Waals surface area contributed by atoms with Crippen LogP contribution in [0.4, 0.5) is 17.6 Å². The fourth-order valence-corrected chi connectivity index (χ4v) is 3.80. The van der Waals surface area contributed by atoms with Gasteiger partial charge in [-0.25, -0.2) is 12.8 Å².